The number of nitrogens with one attached hydrogen (secondary N) is 2. The Morgan fingerprint density at radius 1 is 1.26 bits per heavy atom. The molecule has 106 valence electrons. The van der Waals surface area contributed by atoms with Gasteiger partial charge in [0.1, 0.15) is 0 Å². The molecule has 1 aromatic rings. The predicted molar refractivity (Wildman–Crippen MR) is 80.3 cm³/mol. The SMILES string of the molecule is CCC(C)(C)NC(=O)CNCCc1ccccc1C. The molecule has 0 unspecified atom stereocenters. The summed E-state index contributed by atoms with van der Waals surface area (Å²) in [6, 6.07) is 8.36. The predicted octanol–water partition coefficient (Wildman–Crippen LogP) is 2.43. The second-order valence-electron chi connectivity index (χ2n) is 5.64. The highest BCUT2D eigenvalue weighted by Gasteiger charge is 2.16. The van der Waals surface area contributed by atoms with Gasteiger partial charge in [0.25, 0.3) is 0 Å². The summed E-state index contributed by atoms with van der Waals surface area (Å²) in [4.78, 5) is 11.7. The first-order valence-electron chi connectivity index (χ1n) is 7.01. The molecule has 2 N–H and O–H groups in total. The van der Waals surface area contributed by atoms with Gasteiger partial charge in [0.05, 0.1) is 6.54 Å². The molecule has 0 aliphatic rings. The fourth-order valence-corrected chi connectivity index (χ4v) is 1.83. The van der Waals surface area contributed by atoms with Gasteiger partial charge in [0, 0.05) is 5.54 Å². The van der Waals surface area contributed by atoms with E-state index in [0.717, 1.165) is 19.4 Å². The molecular weight excluding hydrogens is 236 g/mol. The summed E-state index contributed by atoms with van der Waals surface area (Å²) in [5, 5.41) is 6.21. The third-order valence-corrected chi connectivity index (χ3v) is 3.48. The van der Waals surface area contributed by atoms with Gasteiger partial charge in [0.2, 0.25) is 5.91 Å². The molecule has 0 radical (unpaired) electrons. The van der Waals surface area contributed by atoms with Crippen LogP contribution in [0.5, 0.6) is 0 Å². The lowest BCUT2D eigenvalue weighted by atomic mass is 10.0. The molecule has 0 aliphatic carbocycles. The molecule has 1 amide bonds. The molecule has 3 heteroatoms. The van der Waals surface area contributed by atoms with Crippen LogP contribution in [0.25, 0.3) is 0 Å². The Bertz CT molecular complexity index is 413. The summed E-state index contributed by atoms with van der Waals surface area (Å²) in [5.41, 5.74) is 2.53. The number of amides is 1. The zero-order valence-electron chi connectivity index (χ0n) is 12.5. The topological polar surface area (TPSA) is 41.1 Å². The van der Waals surface area contributed by atoms with Gasteiger partial charge in [-0.15, -0.1) is 0 Å². The van der Waals surface area contributed by atoms with Gasteiger partial charge in [-0.05, 0) is 51.3 Å². The Labute approximate surface area is 116 Å². The van der Waals surface area contributed by atoms with E-state index in [-0.39, 0.29) is 11.4 Å². The van der Waals surface area contributed by atoms with Crippen molar-refractivity contribution in [3.05, 3.63) is 35.4 Å². The standard InChI is InChI=1S/C16H26N2O/c1-5-16(3,4)18-15(19)12-17-11-10-14-9-7-6-8-13(14)2/h6-9,17H,5,10-12H2,1-4H3,(H,18,19). The van der Waals surface area contributed by atoms with Crippen LogP contribution in [0, 0.1) is 6.92 Å². The number of carbonyl (C=O) groups is 1. The summed E-state index contributed by atoms with van der Waals surface area (Å²) in [6.45, 7) is 9.48. The monoisotopic (exact) mass is 262 g/mol. The molecule has 0 atom stereocenters. The van der Waals surface area contributed by atoms with Crippen LogP contribution in [0.3, 0.4) is 0 Å². The summed E-state index contributed by atoms with van der Waals surface area (Å²) in [7, 11) is 0. The Hall–Kier alpha value is -1.35. The number of aryl methyl sites for hydroxylation is 1. The minimum atomic E-state index is -0.116. The lowest BCUT2D eigenvalue weighted by Gasteiger charge is -2.24. The highest BCUT2D eigenvalue weighted by Crippen LogP contribution is 2.07. The van der Waals surface area contributed by atoms with E-state index in [9.17, 15) is 4.79 Å². The molecule has 0 saturated heterocycles. The maximum absolute atomic E-state index is 11.7. The Morgan fingerprint density at radius 2 is 1.95 bits per heavy atom. The summed E-state index contributed by atoms with van der Waals surface area (Å²) < 4.78 is 0. The molecule has 0 bridgehead atoms. The van der Waals surface area contributed by atoms with Gasteiger partial charge >= 0.3 is 0 Å². The fraction of sp³-hybridized carbons (Fsp3) is 0.562. The second-order valence-corrected chi connectivity index (χ2v) is 5.64. The highest BCUT2D eigenvalue weighted by atomic mass is 16.2. The number of hydrogen-bond acceptors (Lipinski definition) is 2. The van der Waals surface area contributed by atoms with Crippen molar-refractivity contribution in [3.8, 4) is 0 Å². The van der Waals surface area contributed by atoms with Gasteiger partial charge in [0.15, 0.2) is 0 Å². The van der Waals surface area contributed by atoms with E-state index in [4.69, 9.17) is 0 Å². The van der Waals surface area contributed by atoms with Crippen molar-refractivity contribution >= 4 is 5.91 Å². The molecule has 0 aromatic heterocycles. The van der Waals surface area contributed by atoms with Crippen LogP contribution in [-0.4, -0.2) is 24.5 Å². The van der Waals surface area contributed by atoms with Gasteiger partial charge < -0.3 is 10.6 Å². The maximum atomic E-state index is 11.7. The Balaban J connectivity index is 2.25. The van der Waals surface area contributed by atoms with Crippen molar-refractivity contribution in [3.63, 3.8) is 0 Å². The molecule has 1 aromatic carbocycles. The Kier molecular flexibility index (Phi) is 6.03. The Morgan fingerprint density at radius 3 is 2.58 bits per heavy atom. The van der Waals surface area contributed by atoms with Gasteiger partial charge in [-0.1, -0.05) is 31.2 Å². The normalized spacial score (nSPS) is 11.4. The van der Waals surface area contributed by atoms with Crippen LogP contribution in [0.15, 0.2) is 24.3 Å². The van der Waals surface area contributed by atoms with E-state index in [0.29, 0.717) is 6.54 Å². The van der Waals surface area contributed by atoms with Crippen molar-refractivity contribution in [2.24, 2.45) is 0 Å². The minimum absolute atomic E-state index is 0.0663. The number of hydrogen-bond donors (Lipinski definition) is 2. The van der Waals surface area contributed by atoms with Crippen LogP contribution >= 0.6 is 0 Å². The minimum Gasteiger partial charge on any atom is -0.350 e. The quantitative estimate of drug-likeness (QED) is 0.741. The van der Waals surface area contributed by atoms with Crippen LogP contribution in [-0.2, 0) is 11.2 Å². The molecule has 0 fully saturated rings. The van der Waals surface area contributed by atoms with Gasteiger partial charge in [-0.3, -0.25) is 4.79 Å². The molecule has 0 spiro atoms. The number of benzene rings is 1. The first kappa shape index (κ1) is 15.7. The lowest BCUT2D eigenvalue weighted by Crippen LogP contribution is -2.46. The molecule has 0 heterocycles. The van der Waals surface area contributed by atoms with E-state index in [2.05, 4.69) is 42.7 Å². The highest BCUT2D eigenvalue weighted by molar-refractivity contribution is 5.78. The average molecular weight is 262 g/mol. The molecular formula is C16H26N2O. The maximum Gasteiger partial charge on any atom is 0.234 e. The van der Waals surface area contributed by atoms with Crippen LogP contribution in [0.4, 0.5) is 0 Å². The first-order valence-corrected chi connectivity index (χ1v) is 7.01. The third kappa shape index (κ3) is 5.88. The van der Waals surface area contributed by atoms with Crippen LogP contribution in [0.1, 0.15) is 38.3 Å². The molecule has 1 rings (SSSR count). The number of carbonyl (C=O) groups excluding carboxylic acids is 1. The van der Waals surface area contributed by atoms with Crippen molar-refractivity contribution in [1.29, 1.82) is 0 Å². The smallest absolute Gasteiger partial charge is 0.234 e. The lowest BCUT2D eigenvalue weighted by molar-refractivity contribution is -0.121. The van der Waals surface area contributed by atoms with Gasteiger partial charge in [-0.2, -0.15) is 0 Å². The fourth-order valence-electron chi connectivity index (χ4n) is 1.83. The molecule has 0 saturated carbocycles. The zero-order valence-corrected chi connectivity index (χ0v) is 12.5. The van der Waals surface area contributed by atoms with E-state index in [1.807, 2.05) is 19.9 Å². The van der Waals surface area contributed by atoms with Crippen LogP contribution < -0.4 is 10.6 Å². The zero-order chi connectivity index (χ0) is 14.3. The summed E-state index contributed by atoms with van der Waals surface area (Å²) >= 11 is 0. The van der Waals surface area contributed by atoms with E-state index >= 15 is 0 Å². The van der Waals surface area contributed by atoms with Crippen molar-refractivity contribution < 1.29 is 4.79 Å². The van der Waals surface area contributed by atoms with E-state index in [1.54, 1.807) is 0 Å². The van der Waals surface area contributed by atoms with Crippen molar-refractivity contribution in [2.45, 2.75) is 46.1 Å². The first-order chi connectivity index (χ1) is 8.94. The number of rotatable bonds is 7. The second kappa shape index (κ2) is 7.29. The molecule has 3 nitrogen and oxygen atoms in total. The van der Waals surface area contributed by atoms with E-state index < -0.39 is 0 Å². The van der Waals surface area contributed by atoms with Crippen molar-refractivity contribution in [2.75, 3.05) is 13.1 Å². The average Bonchev–Trinajstić information content (AvgIpc) is 2.36. The third-order valence-electron chi connectivity index (χ3n) is 3.48. The molecule has 19 heavy (non-hydrogen) atoms. The van der Waals surface area contributed by atoms with E-state index in [1.165, 1.54) is 11.1 Å². The largest absolute Gasteiger partial charge is 0.350 e. The van der Waals surface area contributed by atoms with Crippen LogP contribution in [0.2, 0.25) is 0 Å². The summed E-state index contributed by atoms with van der Waals surface area (Å²) in [6.07, 6.45) is 1.89. The summed E-state index contributed by atoms with van der Waals surface area (Å²) in [5.74, 6) is 0.0663. The molecule has 0 aliphatic heterocycles. The van der Waals surface area contributed by atoms with Gasteiger partial charge in [-0.25, -0.2) is 0 Å². The van der Waals surface area contributed by atoms with Crippen molar-refractivity contribution in [1.82, 2.24) is 10.6 Å².